The Kier molecular flexibility index (Phi) is 6.66. The number of fused-ring (bicyclic) bond motifs is 2. The number of allylic oxidation sites excluding steroid dienone is 2. The van der Waals surface area contributed by atoms with Crippen LogP contribution in [0.25, 0.3) is 0 Å². The second kappa shape index (κ2) is 8.74. The van der Waals surface area contributed by atoms with E-state index in [1.165, 1.54) is 44.2 Å². The summed E-state index contributed by atoms with van der Waals surface area (Å²) in [6.45, 7) is 9.38. The van der Waals surface area contributed by atoms with Crippen LogP contribution < -0.4 is 10.5 Å². The molecular formula is C25H37N3OS. The number of anilines is 1. The van der Waals surface area contributed by atoms with Crippen LogP contribution in [0.15, 0.2) is 45.3 Å². The zero-order valence-corrected chi connectivity index (χ0v) is 19.8. The first-order valence-corrected chi connectivity index (χ1v) is 12.6. The van der Waals surface area contributed by atoms with Crippen molar-refractivity contribution in [3.63, 3.8) is 0 Å². The highest BCUT2D eigenvalue weighted by Gasteiger charge is 2.26. The highest BCUT2D eigenvalue weighted by molar-refractivity contribution is 8.03. The van der Waals surface area contributed by atoms with E-state index in [4.69, 9.17) is 5.14 Å². The van der Waals surface area contributed by atoms with Crippen LogP contribution in [-0.2, 0) is 35.3 Å². The number of aliphatic hydroxyl groups is 1. The molecule has 4 N–H and O–H groups in total. The summed E-state index contributed by atoms with van der Waals surface area (Å²) in [6, 6.07) is 2.46. The second-order valence-electron chi connectivity index (χ2n) is 9.06. The number of nitrogens with two attached hydrogens (primary N) is 1. The Bertz CT molecular complexity index is 999. The quantitative estimate of drug-likeness (QED) is 0.601. The van der Waals surface area contributed by atoms with Gasteiger partial charge in [-0.05, 0) is 105 Å². The zero-order chi connectivity index (χ0) is 22.1. The Morgan fingerprint density at radius 2 is 1.73 bits per heavy atom. The molecule has 1 aromatic carbocycles. The molecule has 0 fully saturated rings. The van der Waals surface area contributed by atoms with Gasteiger partial charge in [-0.3, -0.25) is 9.50 Å². The maximum Gasteiger partial charge on any atom is 0.0840 e. The highest BCUT2D eigenvalue weighted by Crippen LogP contribution is 2.38. The predicted molar refractivity (Wildman–Crippen MR) is 133 cm³/mol. The van der Waals surface area contributed by atoms with Crippen LogP contribution in [0.3, 0.4) is 0 Å². The normalized spacial score (nSPS) is 19.3. The molecule has 3 aliphatic rings. The molecule has 5 heteroatoms. The number of benzene rings is 1. The van der Waals surface area contributed by atoms with Gasteiger partial charge in [-0.2, -0.15) is 0 Å². The molecule has 0 aromatic heterocycles. The third-order valence-corrected chi connectivity index (χ3v) is 8.18. The lowest BCUT2D eigenvalue weighted by Crippen LogP contribution is -2.21. The summed E-state index contributed by atoms with van der Waals surface area (Å²) in [7, 11) is -0.0457. The first-order chi connectivity index (χ1) is 14.1. The summed E-state index contributed by atoms with van der Waals surface area (Å²) in [4.78, 5) is 1.04. The highest BCUT2D eigenvalue weighted by atomic mass is 32.2. The van der Waals surface area contributed by atoms with Gasteiger partial charge >= 0.3 is 0 Å². The largest absolute Gasteiger partial charge is 0.386 e. The Morgan fingerprint density at radius 3 is 2.17 bits per heavy atom. The van der Waals surface area contributed by atoms with Gasteiger partial charge in [-0.25, -0.2) is 0 Å². The summed E-state index contributed by atoms with van der Waals surface area (Å²) in [6.07, 6.45) is 12.3. The molecule has 4 nitrogen and oxygen atoms in total. The Balaban J connectivity index is 0.000000171. The van der Waals surface area contributed by atoms with Crippen LogP contribution in [0, 0.1) is 0 Å². The molecule has 4 rings (SSSR count). The van der Waals surface area contributed by atoms with Crippen LogP contribution in [0.1, 0.15) is 62.3 Å². The molecule has 0 aliphatic heterocycles. The maximum absolute atomic E-state index is 9.96. The molecule has 0 amide bonds. The fraction of sp³-hybridized carbons (Fsp3) is 0.480. The van der Waals surface area contributed by atoms with Crippen molar-refractivity contribution in [2.75, 3.05) is 12.4 Å². The van der Waals surface area contributed by atoms with Gasteiger partial charge in [0, 0.05) is 24.1 Å². The van der Waals surface area contributed by atoms with Crippen molar-refractivity contribution in [1.82, 2.24) is 0 Å². The summed E-state index contributed by atoms with van der Waals surface area (Å²) < 4.78 is 4.13. The average Bonchev–Trinajstić information content (AvgIpc) is 3.40. The summed E-state index contributed by atoms with van der Waals surface area (Å²) >= 11 is 0. The summed E-state index contributed by atoms with van der Waals surface area (Å²) in [5.74, 6) is 3.94. The number of aryl methyl sites for hydroxylation is 2. The number of rotatable bonds is 4. The van der Waals surface area contributed by atoms with Gasteiger partial charge in [-0.15, -0.1) is 0 Å². The molecule has 164 valence electrons. The second-order valence-corrected chi connectivity index (χ2v) is 11.5. The number of hydrogen-bond donors (Lipinski definition) is 3. The first kappa shape index (κ1) is 22.9. The van der Waals surface area contributed by atoms with Gasteiger partial charge in [0.2, 0.25) is 0 Å². The van der Waals surface area contributed by atoms with E-state index in [0.29, 0.717) is 0 Å². The maximum atomic E-state index is 9.96. The zero-order valence-electron chi connectivity index (χ0n) is 19.0. The smallest absolute Gasteiger partial charge is 0.0840 e. The Labute approximate surface area is 182 Å². The van der Waals surface area contributed by atoms with Crippen molar-refractivity contribution >= 4 is 21.2 Å². The van der Waals surface area contributed by atoms with E-state index in [1.807, 2.05) is 19.2 Å². The van der Waals surface area contributed by atoms with Gasteiger partial charge in [0.15, 0.2) is 0 Å². The molecule has 0 bridgehead atoms. The minimum atomic E-state index is -1.74. The van der Waals surface area contributed by atoms with E-state index in [9.17, 15) is 5.11 Å². The standard InChI is InChI=1S/C14H17N.C11H20N2OS/c1-2-15-14-12-7-3-5-10(12)9-11-6-4-8-13(11)14;1-8-6-9(15(5,12)13-4)7-10(8)11(2,3)14/h2,9,15H,1,3-8H2;7,14H,5-6H2,1-4H3,(H2,12,13). The molecule has 3 aliphatic carbocycles. The number of nitrogens with one attached hydrogen (secondary N) is 1. The molecule has 1 atom stereocenters. The van der Waals surface area contributed by atoms with E-state index < -0.39 is 15.2 Å². The molecule has 0 spiro atoms. The Morgan fingerprint density at radius 1 is 1.17 bits per heavy atom. The first-order valence-electron chi connectivity index (χ1n) is 10.8. The fourth-order valence-electron chi connectivity index (χ4n) is 4.83. The lowest BCUT2D eigenvalue weighted by atomic mass is 9.96. The molecule has 0 saturated carbocycles. The Hall–Kier alpha value is -1.82. The van der Waals surface area contributed by atoms with Crippen molar-refractivity contribution in [2.45, 2.75) is 71.3 Å². The number of nitrogens with zero attached hydrogens (tertiary/aromatic N) is 1. The fourth-order valence-corrected chi connectivity index (χ4v) is 5.85. The molecule has 0 radical (unpaired) electrons. The summed E-state index contributed by atoms with van der Waals surface area (Å²) in [5.41, 5.74) is 8.99. The van der Waals surface area contributed by atoms with Crippen LogP contribution in [0.5, 0.6) is 0 Å². The van der Waals surface area contributed by atoms with E-state index in [1.54, 1.807) is 43.1 Å². The minimum absolute atomic E-state index is 0.784. The average molecular weight is 428 g/mol. The van der Waals surface area contributed by atoms with Gasteiger partial charge < -0.3 is 10.4 Å². The predicted octanol–water partition coefficient (Wildman–Crippen LogP) is 4.85. The van der Waals surface area contributed by atoms with Crippen LogP contribution in [0.4, 0.5) is 5.69 Å². The van der Waals surface area contributed by atoms with Crippen molar-refractivity contribution in [3.05, 3.63) is 63.2 Å². The van der Waals surface area contributed by atoms with Crippen molar-refractivity contribution < 1.29 is 5.11 Å². The van der Waals surface area contributed by atoms with Gasteiger partial charge in [-0.1, -0.05) is 27.8 Å². The lowest BCUT2D eigenvalue weighted by Gasteiger charge is -2.18. The third kappa shape index (κ3) is 4.58. The van der Waals surface area contributed by atoms with Gasteiger partial charge in [0.25, 0.3) is 0 Å². The molecule has 30 heavy (non-hydrogen) atoms. The van der Waals surface area contributed by atoms with E-state index >= 15 is 0 Å². The van der Waals surface area contributed by atoms with E-state index in [-0.39, 0.29) is 0 Å². The third-order valence-electron chi connectivity index (χ3n) is 6.36. The van der Waals surface area contributed by atoms with E-state index in [0.717, 1.165) is 22.5 Å². The molecular weight excluding hydrogens is 390 g/mol. The molecule has 1 aromatic rings. The van der Waals surface area contributed by atoms with Crippen molar-refractivity contribution in [3.8, 4) is 0 Å². The SMILES string of the molecule is C=CNc1c2c(cc3c1CCC3)CCC2.C=S(N)(=NC)C1=CC(C(C)(C)O)=C(C)C1. The molecule has 1 unspecified atom stereocenters. The molecule has 0 heterocycles. The van der Waals surface area contributed by atoms with E-state index in [2.05, 4.69) is 28.2 Å². The van der Waals surface area contributed by atoms with Gasteiger partial charge in [0.1, 0.15) is 0 Å². The van der Waals surface area contributed by atoms with Crippen molar-refractivity contribution in [1.29, 1.82) is 0 Å². The topological polar surface area (TPSA) is 70.6 Å². The van der Waals surface area contributed by atoms with Crippen LogP contribution in [0.2, 0.25) is 0 Å². The monoisotopic (exact) mass is 427 g/mol. The van der Waals surface area contributed by atoms with Crippen LogP contribution in [-0.4, -0.2) is 23.6 Å². The molecule has 0 saturated heterocycles. The number of hydrogen-bond acceptors (Lipinski definition) is 3. The lowest BCUT2D eigenvalue weighted by molar-refractivity contribution is 0.123. The summed E-state index contributed by atoms with van der Waals surface area (Å²) in [5, 5.41) is 19.3. The minimum Gasteiger partial charge on any atom is -0.386 e. The van der Waals surface area contributed by atoms with Crippen LogP contribution >= 0.6 is 0 Å². The van der Waals surface area contributed by atoms with Crippen molar-refractivity contribution in [2.24, 2.45) is 9.50 Å². The van der Waals surface area contributed by atoms with Gasteiger partial charge in [0.05, 0.1) is 5.60 Å².